The first-order valence-electron chi connectivity index (χ1n) is 6.45. The van der Waals surface area contributed by atoms with Crippen LogP contribution in [-0.4, -0.2) is 44.5 Å². The van der Waals surface area contributed by atoms with E-state index in [2.05, 4.69) is 31.0 Å². The van der Waals surface area contributed by atoms with E-state index < -0.39 is 0 Å². The van der Waals surface area contributed by atoms with Gasteiger partial charge in [-0.3, -0.25) is 4.79 Å². The van der Waals surface area contributed by atoms with Crippen molar-refractivity contribution in [2.24, 2.45) is 17.1 Å². The van der Waals surface area contributed by atoms with Crippen molar-refractivity contribution in [3.8, 4) is 0 Å². The van der Waals surface area contributed by atoms with E-state index in [9.17, 15) is 4.79 Å². The molecule has 17 heavy (non-hydrogen) atoms. The fourth-order valence-electron chi connectivity index (χ4n) is 2.09. The second kappa shape index (κ2) is 7.67. The molecule has 0 radical (unpaired) electrons. The van der Waals surface area contributed by atoms with Gasteiger partial charge in [-0.15, -0.1) is 0 Å². The number of carbonyl (C=O) groups is 1. The Labute approximate surface area is 106 Å². The Morgan fingerprint density at radius 1 is 1.41 bits per heavy atom. The Bertz CT molecular complexity index is 227. The molecule has 4 nitrogen and oxygen atoms in total. The molecule has 0 aromatic heterocycles. The normalized spacial score (nSPS) is 13.8. The standard InChI is InChI=1S/C13H29N3O/c1-6-7-11(8-14)12(17)15-9-13(2,3)10-16(4)5/h11H,6-10,14H2,1-5H3,(H,15,17). The van der Waals surface area contributed by atoms with Gasteiger partial charge < -0.3 is 16.0 Å². The third kappa shape index (κ3) is 7.34. The molecule has 0 heterocycles. The fraction of sp³-hybridized carbons (Fsp3) is 0.923. The van der Waals surface area contributed by atoms with Crippen LogP contribution in [0.15, 0.2) is 0 Å². The van der Waals surface area contributed by atoms with Crippen LogP contribution in [0.2, 0.25) is 0 Å². The monoisotopic (exact) mass is 243 g/mol. The van der Waals surface area contributed by atoms with E-state index >= 15 is 0 Å². The number of carbonyl (C=O) groups excluding carboxylic acids is 1. The SMILES string of the molecule is CCCC(CN)C(=O)NCC(C)(C)CN(C)C. The van der Waals surface area contributed by atoms with E-state index in [1.165, 1.54) is 0 Å². The van der Waals surface area contributed by atoms with E-state index in [1.807, 2.05) is 14.1 Å². The molecule has 1 amide bonds. The van der Waals surface area contributed by atoms with Crippen molar-refractivity contribution in [1.82, 2.24) is 10.2 Å². The molecular weight excluding hydrogens is 214 g/mol. The zero-order valence-corrected chi connectivity index (χ0v) is 12.0. The summed E-state index contributed by atoms with van der Waals surface area (Å²) < 4.78 is 0. The third-order valence-corrected chi connectivity index (χ3v) is 2.78. The van der Waals surface area contributed by atoms with Gasteiger partial charge in [0, 0.05) is 19.6 Å². The average Bonchev–Trinajstić information content (AvgIpc) is 2.21. The minimum atomic E-state index is -0.0323. The molecule has 0 aromatic carbocycles. The van der Waals surface area contributed by atoms with Gasteiger partial charge in [-0.05, 0) is 25.9 Å². The van der Waals surface area contributed by atoms with E-state index in [0.717, 1.165) is 19.4 Å². The van der Waals surface area contributed by atoms with Crippen LogP contribution in [0.5, 0.6) is 0 Å². The lowest BCUT2D eigenvalue weighted by Crippen LogP contribution is -2.43. The van der Waals surface area contributed by atoms with Crippen molar-refractivity contribution in [3.63, 3.8) is 0 Å². The van der Waals surface area contributed by atoms with Crippen molar-refractivity contribution in [3.05, 3.63) is 0 Å². The molecule has 0 aliphatic heterocycles. The van der Waals surface area contributed by atoms with Crippen molar-refractivity contribution in [2.45, 2.75) is 33.6 Å². The van der Waals surface area contributed by atoms with Crippen molar-refractivity contribution < 1.29 is 4.79 Å². The average molecular weight is 243 g/mol. The highest BCUT2D eigenvalue weighted by molar-refractivity contribution is 5.78. The number of amides is 1. The molecular formula is C13H29N3O. The summed E-state index contributed by atoms with van der Waals surface area (Å²) in [5.41, 5.74) is 5.70. The molecule has 0 spiro atoms. The van der Waals surface area contributed by atoms with Crippen molar-refractivity contribution >= 4 is 5.91 Å². The third-order valence-electron chi connectivity index (χ3n) is 2.78. The lowest BCUT2D eigenvalue weighted by Gasteiger charge is -2.29. The highest BCUT2D eigenvalue weighted by Gasteiger charge is 2.22. The maximum atomic E-state index is 11.9. The van der Waals surface area contributed by atoms with Gasteiger partial charge in [0.2, 0.25) is 5.91 Å². The summed E-state index contributed by atoms with van der Waals surface area (Å²) in [6.45, 7) is 8.48. The minimum absolute atomic E-state index is 0.0323. The quantitative estimate of drug-likeness (QED) is 0.670. The number of hydrogen-bond acceptors (Lipinski definition) is 3. The first-order chi connectivity index (χ1) is 7.82. The largest absolute Gasteiger partial charge is 0.355 e. The van der Waals surface area contributed by atoms with Crippen LogP contribution in [0.4, 0.5) is 0 Å². The second-order valence-corrected chi connectivity index (χ2v) is 5.84. The Balaban J connectivity index is 4.12. The molecule has 0 saturated heterocycles. The van der Waals surface area contributed by atoms with E-state index in [4.69, 9.17) is 5.73 Å². The Kier molecular flexibility index (Phi) is 7.39. The number of nitrogens with one attached hydrogen (secondary N) is 1. The minimum Gasteiger partial charge on any atom is -0.355 e. The summed E-state index contributed by atoms with van der Waals surface area (Å²) in [7, 11) is 4.09. The Morgan fingerprint density at radius 2 is 2.00 bits per heavy atom. The van der Waals surface area contributed by atoms with E-state index in [0.29, 0.717) is 13.1 Å². The topological polar surface area (TPSA) is 58.4 Å². The summed E-state index contributed by atoms with van der Waals surface area (Å²) in [4.78, 5) is 14.0. The van der Waals surface area contributed by atoms with Gasteiger partial charge in [-0.25, -0.2) is 0 Å². The lowest BCUT2D eigenvalue weighted by molar-refractivity contribution is -0.125. The Hall–Kier alpha value is -0.610. The molecule has 0 aliphatic rings. The van der Waals surface area contributed by atoms with Gasteiger partial charge in [-0.2, -0.15) is 0 Å². The second-order valence-electron chi connectivity index (χ2n) is 5.84. The molecule has 0 saturated carbocycles. The maximum Gasteiger partial charge on any atom is 0.224 e. The highest BCUT2D eigenvalue weighted by atomic mass is 16.1. The number of hydrogen-bond donors (Lipinski definition) is 2. The van der Waals surface area contributed by atoms with Crippen LogP contribution in [0.3, 0.4) is 0 Å². The van der Waals surface area contributed by atoms with Gasteiger partial charge in [0.15, 0.2) is 0 Å². The molecule has 0 rings (SSSR count). The molecule has 1 unspecified atom stereocenters. The van der Waals surface area contributed by atoms with Gasteiger partial charge in [0.1, 0.15) is 0 Å². The predicted octanol–water partition coefficient (Wildman–Crippen LogP) is 1.07. The van der Waals surface area contributed by atoms with Gasteiger partial charge >= 0.3 is 0 Å². The zero-order valence-electron chi connectivity index (χ0n) is 12.0. The first-order valence-corrected chi connectivity index (χ1v) is 6.45. The molecule has 0 aromatic rings. The fourth-order valence-corrected chi connectivity index (χ4v) is 2.09. The van der Waals surface area contributed by atoms with Crippen LogP contribution >= 0.6 is 0 Å². The van der Waals surface area contributed by atoms with E-state index in [1.54, 1.807) is 0 Å². The summed E-state index contributed by atoms with van der Waals surface area (Å²) in [5.74, 6) is 0.0661. The summed E-state index contributed by atoms with van der Waals surface area (Å²) in [6.07, 6.45) is 1.87. The highest BCUT2D eigenvalue weighted by Crippen LogP contribution is 2.14. The van der Waals surface area contributed by atoms with Crippen LogP contribution in [0, 0.1) is 11.3 Å². The Morgan fingerprint density at radius 3 is 2.41 bits per heavy atom. The number of nitrogens with zero attached hydrogens (tertiary/aromatic N) is 1. The molecule has 102 valence electrons. The summed E-state index contributed by atoms with van der Waals surface area (Å²) in [5, 5.41) is 3.02. The number of rotatable bonds is 8. The van der Waals surface area contributed by atoms with Gasteiger partial charge in [-0.1, -0.05) is 27.2 Å². The molecule has 0 fully saturated rings. The lowest BCUT2D eigenvalue weighted by atomic mass is 9.92. The molecule has 1 atom stereocenters. The number of nitrogens with two attached hydrogens (primary N) is 1. The van der Waals surface area contributed by atoms with Crippen molar-refractivity contribution in [1.29, 1.82) is 0 Å². The predicted molar refractivity (Wildman–Crippen MR) is 72.8 cm³/mol. The van der Waals surface area contributed by atoms with Crippen LogP contribution < -0.4 is 11.1 Å². The van der Waals surface area contributed by atoms with Crippen molar-refractivity contribution in [2.75, 3.05) is 33.7 Å². The smallest absolute Gasteiger partial charge is 0.224 e. The molecule has 0 bridgehead atoms. The van der Waals surface area contributed by atoms with Gasteiger partial charge in [0.05, 0.1) is 5.92 Å². The van der Waals surface area contributed by atoms with Crippen LogP contribution in [0.25, 0.3) is 0 Å². The zero-order chi connectivity index (χ0) is 13.5. The molecule has 4 heteroatoms. The molecule has 0 aliphatic carbocycles. The molecule has 3 N–H and O–H groups in total. The first kappa shape index (κ1) is 16.4. The van der Waals surface area contributed by atoms with Crippen LogP contribution in [0.1, 0.15) is 33.6 Å². The summed E-state index contributed by atoms with van der Waals surface area (Å²) in [6, 6.07) is 0. The maximum absolute atomic E-state index is 11.9. The van der Waals surface area contributed by atoms with E-state index in [-0.39, 0.29) is 17.2 Å². The van der Waals surface area contributed by atoms with Crippen LogP contribution in [-0.2, 0) is 4.79 Å². The van der Waals surface area contributed by atoms with Gasteiger partial charge in [0.25, 0.3) is 0 Å². The summed E-state index contributed by atoms with van der Waals surface area (Å²) >= 11 is 0.